The third-order valence-corrected chi connectivity index (χ3v) is 4.65. The Hall–Kier alpha value is -4.14. The standard InChI is InChI=1S/C21H19N7O2/c1-28-21(25-15-4-5-17-18(11-15)30-13-29-17)26-20(27-28)16-3-2-8-23-19(16)24-12-14-6-9-22-10-7-14/h2-11H,12-13H2,1H3,(H,23,24)(H,25,26,27). The van der Waals surface area contributed by atoms with Crippen LogP contribution in [0.4, 0.5) is 17.5 Å². The predicted octanol–water partition coefficient (Wildman–Crippen LogP) is 3.36. The van der Waals surface area contributed by atoms with Gasteiger partial charge < -0.3 is 20.1 Å². The van der Waals surface area contributed by atoms with Gasteiger partial charge in [0, 0.05) is 43.9 Å². The molecule has 1 aliphatic rings. The highest BCUT2D eigenvalue weighted by Gasteiger charge is 2.16. The highest BCUT2D eigenvalue weighted by atomic mass is 16.7. The molecule has 1 aromatic carbocycles. The molecule has 0 unspecified atom stereocenters. The molecule has 5 rings (SSSR count). The zero-order valence-corrected chi connectivity index (χ0v) is 16.2. The Kier molecular flexibility index (Phi) is 4.60. The normalized spacial score (nSPS) is 12.0. The molecule has 0 aliphatic carbocycles. The topological polar surface area (TPSA) is 99.0 Å². The number of fused-ring (bicyclic) bond motifs is 1. The van der Waals surface area contributed by atoms with Crippen molar-refractivity contribution in [1.29, 1.82) is 0 Å². The number of nitrogens with zero attached hydrogens (tertiary/aromatic N) is 5. The lowest BCUT2D eigenvalue weighted by atomic mass is 10.2. The summed E-state index contributed by atoms with van der Waals surface area (Å²) < 4.78 is 12.5. The first-order valence-electron chi connectivity index (χ1n) is 9.42. The summed E-state index contributed by atoms with van der Waals surface area (Å²) in [5.41, 5.74) is 2.77. The second-order valence-corrected chi connectivity index (χ2v) is 6.68. The van der Waals surface area contributed by atoms with E-state index in [1.807, 2.05) is 49.5 Å². The van der Waals surface area contributed by atoms with Crippen LogP contribution in [0.3, 0.4) is 0 Å². The van der Waals surface area contributed by atoms with E-state index < -0.39 is 0 Å². The molecule has 4 aromatic rings. The summed E-state index contributed by atoms with van der Waals surface area (Å²) in [5, 5.41) is 11.2. The molecule has 9 heteroatoms. The lowest BCUT2D eigenvalue weighted by molar-refractivity contribution is 0.174. The van der Waals surface area contributed by atoms with Gasteiger partial charge in [0.2, 0.25) is 12.7 Å². The third-order valence-electron chi connectivity index (χ3n) is 4.65. The van der Waals surface area contributed by atoms with Crippen LogP contribution in [0, 0.1) is 0 Å². The number of aryl methyl sites for hydroxylation is 1. The van der Waals surface area contributed by atoms with Gasteiger partial charge in [-0.05, 0) is 42.0 Å². The van der Waals surface area contributed by atoms with E-state index in [0.717, 1.165) is 28.4 Å². The van der Waals surface area contributed by atoms with Crippen molar-refractivity contribution in [3.63, 3.8) is 0 Å². The third kappa shape index (κ3) is 3.60. The van der Waals surface area contributed by atoms with E-state index in [1.54, 1.807) is 23.3 Å². The highest BCUT2D eigenvalue weighted by molar-refractivity contribution is 5.71. The molecule has 0 spiro atoms. The van der Waals surface area contributed by atoms with Gasteiger partial charge in [0.05, 0.1) is 5.56 Å². The van der Waals surface area contributed by atoms with Crippen molar-refractivity contribution in [2.75, 3.05) is 17.4 Å². The first-order chi connectivity index (χ1) is 14.8. The molecule has 1 aliphatic heterocycles. The number of aromatic nitrogens is 5. The van der Waals surface area contributed by atoms with Crippen LogP contribution in [0.2, 0.25) is 0 Å². The molecule has 3 aromatic heterocycles. The van der Waals surface area contributed by atoms with E-state index in [1.165, 1.54) is 0 Å². The van der Waals surface area contributed by atoms with Gasteiger partial charge in [-0.3, -0.25) is 4.98 Å². The minimum Gasteiger partial charge on any atom is -0.454 e. The van der Waals surface area contributed by atoms with E-state index in [2.05, 4.69) is 30.7 Å². The Bertz CT molecular complexity index is 1180. The number of nitrogens with one attached hydrogen (secondary N) is 2. The largest absolute Gasteiger partial charge is 0.454 e. The average molecular weight is 401 g/mol. The Balaban J connectivity index is 1.38. The predicted molar refractivity (Wildman–Crippen MR) is 112 cm³/mol. The second kappa shape index (κ2) is 7.70. The number of anilines is 3. The lowest BCUT2D eigenvalue weighted by Crippen LogP contribution is -2.03. The fourth-order valence-corrected chi connectivity index (χ4v) is 3.12. The summed E-state index contributed by atoms with van der Waals surface area (Å²) in [5.74, 6) is 3.34. The molecule has 0 amide bonds. The SMILES string of the molecule is Cn1nc(-c2cccnc2NCc2ccncc2)nc1Nc1ccc2c(c1)OCO2. The summed E-state index contributed by atoms with van der Waals surface area (Å²) >= 11 is 0. The summed E-state index contributed by atoms with van der Waals surface area (Å²) in [6.45, 7) is 0.866. The van der Waals surface area contributed by atoms with Gasteiger partial charge in [0.25, 0.3) is 0 Å². The van der Waals surface area contributed by atoms with Gasteiger partial charge in [-0.2, -0.15) is 4.98 Å². The van der Waals surface area contributed by atoms with Gasteiger partial charge in [-0.1, -0.05) is 0 Å². The zero-order chi connectivity index (χ0) is 20.3. The number of benzene rings is 1. The number of ether oxygens (including phenoxy) is 2. The van der Waals surface area contributed by atoms with Crippen molar-refractivity contribution < 1.29 is 9.47 Å². The fourth-order valence-electron chi connectivity index (χ4n) is 3.12. The van der Waals surface area contributed by atoms with Gasteiger partial charge >= 0.3 is 0 Å². The van der Waals surface area contributed by atoms with Gasteiger partial charge in [-0.15, -0.1) is 5.10 Å². The molecule has 0 bridgehead atoms. The lowest BCUT2D eigenvalue weighted by Gasteiger charge is -2.08. The van der Waals surface area contributed by atoms with Crippen molar-refractivity contribution in [2.24, 2.45) is 7.05 Å². The summed E-state index contributed by atoms with van der Waals surface area (Å²) in [4.78, 5) is 13.2. The summed E-state index contributed by atoms with van der Waals surface area (Å²) in [7, 11) is 1.84. The van der Waals surface area contributed by atoms with Crippen molar-refractivity contribution in [1.82, 2.24) is 24.7 Å². The van der Waals surface area contributed by atoms with Crippen molar-refractivity contribution in [3.8, 4) is 22.9 Å². The number of rotatable bonds is 6. The van der Waals surface area contributed by atoms with E-state index in [4.69, 9.17) is 9.47 Å². The van der Waals surface area contributed by atoms with Crippen LogP contribution in [0.1, 0.15) is 5.56 Å². The van der Waals surface area contributed by atoms with Crippen LogP contribution in [0.5, 0.6) is 11.5 Å². The van der Waals surface area contributed by atoms with Crippen LogP contribution in [0.15, 0.2) is 61.1 Å². The molecule has 0 saturated heterocycles. The summed E-state index contributed by atoms with van der Waals surface area (Å²) in [6, 6.07) is 13.4. The molecule has 150 valence electrons. The second-order valence-electron chi connectivity index (χ2n) is 6.68. The fraction of sp³-hybridized carbons (Fsp3) is 0.143. The maximum atomic E-state index is 5.44. The van der Waals surface area contributed by atoms with E-state index >= 15 is 0 Å². The molecule has 0 radical (unpaired) electrons. The minimum absolute atomic E-state index is 0.239. The first kappa shape index (κ1) is 17.9. The molecule has 9 nitrogen and oxygen atoms in total. The van der Waals surface area contributed by atoms with Gasteiger partial charge in [0.15, 0.2) is 17.3 Å². The van der Waals surface area contributed by atoms with Crippen LogP contribution >= 0.6 is 0 Å². The molecule has 4 heterocycles. The molecular weight excluding hydrogens is 382 g/mol. The number of hydrogen-bond donors (Lipinski definition) is 2. The van der Waals surface area contributed by atoms with Gasteiger partial charge in [-0.25, -0.2) is 9.67 Å². The number of pyridine rings is 2. The smallest absolute Gasteiger partial charge is 0.231 e. The summed E-state index contributed by atoms with van der Waals surface area (Å²) in [6.07, 6.45) is 5.28. The van der Waals surface area contributed by atoms with Crippen LogP contribution in [-0.4, -0.2) is 31.5 Å². The maximum Gasteiger partial charge on any atom is 0.231 e. The highest BCUT2D eigenvalue weighted by Crippen LogP contribution is 2.35. The molecule has 30 heavy (non-hydrogen) atoms. The Morgan fingerprint density at radius 1 is 1.03 bits per heavy atom. The average Bonchev–Trinajstić information content (AvgIpc) is 3.39. The Morgan fingerprint density at radius 3 is 2.80 bits per heavy atom. The first-order valence-corrected chi connectivity index (χ1v) is 9.42. The molecular formula is C21H19N7O2. The van der Waals surface area contributed by atoms with Crippen LogP contribution in [-0.2, 0) is 13.6 Å². The quantitative estimate of drug-likeness (QED) is 0.507. The monoisotopic (exact) mass is 401 g/mol. The molecule has 2 N–H and O–H groups in total. The zero-order valence-electron chi connectivity index (χ0n) is 16.2. The van der Waals surface area contributed by atoms with E-state index in [0.29, 0.717) is 24.1 Å². The minimum atomic E-state index is 0.239. The molecule has 0 fully saturated rings. The molecule has 0 saturated carbocycles. The van der Waals surface area contributed by atoms with Gasteiger partial charge in [0.1, 0.15) is 5.82 Å². The Labute approximate surface area is 172 Å². The molecule has 0 atom stereocenters. The Morgan fingerprint density at radius 2 is 1.90 bits per heavy atom. The van der Waals surface area contributed by atoms with Crippen LogP contribution < -0.4 is 20.1 Å². The van der Waals surface area contributed by atoms with Crippen molar-refractivity contribution in [3.05, 3.63) is 66.6 Å². The number of hydrogen-bond acceptors (Lipinski definition) is 8. The maximum absolute atomic E-state index is 5.44. The van der Waals surface area contributed by atoms with E-state index in [-0.39, 0.29) is 6.79 Å². The van der Waals surface area contributed by atoms with Crippen molar-refractivity contribution >= 4 is 17.5 Å². The van der Waals surface area contributed by atoms with Crippen molar-refractivity contribution in [2.45, 2.75) is 6.54 Å². The van der Waals surface area contributed by atoms with Crippen LogP contribution in [0.25, 0.3) is 11.4 Å². The van der Waals surface area contributed by atoms with E-state index in [9.17, 15) is 0 Å².